The highest BCUT2D eigenvalue weighted by Crippen LogP contribution is 2.27. The second-order valence-corrected chi connectivity index (χ2v) is 5.69. The van der Waals surface area contributed by atoms with Crippen LogP contribution < -0.4 is 20.1 Å². The van der Waals surface area contributed by atoms with Crippen molar-refractivity contribution in [2.24, 2.45) is 0 Å². The number of benzene rings is 2. The van der Waals surface area contributed by atoms with Crippen molar-refractivity contribution in [3.05, 3.63) is 52.5 Å². The fourth-order valence-electron chi connectivity index (χ4n) is 2.20. The number of ether oxygens (including phenoxy) is 2. The maximum atomic E-state index is 11.9. The number of aryl methyl sites for hydroxylation is 1. The van der Waals surface area contributed by atoms with Gasteiger partial charge in [-0.1, -0.05) is 23.7 Å². The molecule has 2 aromatic rings. The molecule has 128 valence electrons. The van der Waals surface area contributed by atoms with Crippen molar-refractivity contribution in [3.8, 4) is 11.5 Å². The van der Waals surface area contributed by atoms with Gasteiger partial charge in [-0.15, -0.1) is 0 Å². The third kappa shape index (κ3) is 4.80. The molecule has 0 unspecified atom stereocenters. The standard InChI is InChI=1S/C18H21ClN2O3/c1-12-4-6-14(11-15(12)19)21-18(22)20-9-8-13-5-7-16(23-2)17(10-13)24-3/h4-7,10-11H,8-9H2,1-3H3,(H2,20,21,22). The molecule has 0 heterocycles. The van der Waals surface area contributed by atoms with Crippen LogP contribution >= 0.6 is 11.6 Å². The second-order valence-electron chi connectivity index (χ2n) is 5.28. The largest absolute Gasteiger partial charge is 0.493 e. The summed E-state index contributed by atoms with van der Waals surface area (Å²) in [6.45, 7) is 2.41. The summed E-state index contributed by atoms with van der Waals surface area (Å²) in [4.78, 5) is 11.9. The second kappa shape index (κ2) is 8.45. The molecule has 2 amide bonds. The van der Waals surface area contributed by atoms with E-state index in [1.54, 1.807) is 20.3 Å². The number of anilines is 1. The number of hydrogen-bond acceptors (Lipinski definition) is 3. The van der Waals surface area contributed by atoms with E-state index >= 15 is 0 Å². The molecule has 24 heavy (non-hydrogen) atoms. The molecule has 0 fully saturated rings. The van der Waals surface area contributed by atoms with E-state index in [0.29, 0.717) is 35.2 Å². The van der Waals surface area contributed by atoms with Crippen LogP contribution in [0.5, 0.6) is 11.5 Å². The van der Waals surface area contributed by atoms with E-state index in [0.717, 1.165) is 11.1 Å². The summed E-state index contributed by atoms with van der Waals surface area (Å²) < 4.78 is 10.5. The highest BCUT2D eigenvalue weighted by Gasteiger charge is 2.06. The topological polar surface area (TPSA) is 59.6 Å². The van der Waals surface area contributed by atoms with E-state index in [9.17, 15) is 4.79 Å². The summed E-state index contributed by atoms with van der Waals surface area (Å²) in [5, 5.41) is 6.20. The van der Waals surface area contributed by atoms with Crippen LogP contribution in [0.2, 0.25) is 5.02 Å². The van der Waals surface area contributed by atoms with Crippen LogP contribution in [0, 0.1) is 6.92 Å². The number of carbonyl (C=O) groups is 1. The molecule has 0 aromatic heterocycles. The number of rotatable bonds is 6. The molecule has 2 aromatic carbocycles. The minimum atomic E-state index is -0.268. The maximum Gasteiger partial charge on any atom is 0.319 e. The van der Waals surface area contributed by atoms with Gasteiger partial charge in [-0.2, -0.15) is 0 Å². The Morgan fingerprint density at radius 2 is 1.83 bits per heavy atom. The van der Waals surface area contributed by atoms with Gasteiger partial charge in [-0.05, 0) is 48.7 Å². The van der Waals surface area contributed by atoms with Crippen LogP contribution in [0.25, 0.3) is 0 Å². The lowest BCUT2D eigenvalue weighted by molar-refractivity contribution is 0.252. The van der Waals surface area contributed by atoms with Crippen molar-refractivity contribution >= 4 is 23.3 Å². The zero-order chi connectivity index (χ0) is 17.5. The van der Waals surface area contributed by atoms with Crippen LogP contribution in [0.3, 0.4) is 0 Å². The van der Waals surface area contributed by atoms with E-state index < -0.39 is 0 Å². The number of amides is 2. The molecule has 0 saturated heterocycles. The first-order chi connectivity index (χ1) is 11.5. The fraction of sp³-hybridized carbons (Fsp3) is 0.278. The molecule has 2 rings (SSSR count). The van der Waals surface area contributed by atoms with Gasteiger partial charge in [0.2, 0.25) is 0 Å². The molecule has 0 aliphatic carbocycles. The molecule has 6 heteroatoms. The van der Waals surface area contributed by atoms with Gasteiger partial charge in [0.05, 0.1) is 14.2 Å². The number of urea groups is 1. The van der Waals surface area contributed by atoms with Gasteiger partial charge >= 0.3 is 6.03 Å². The SMILES string of the molecule is COc1ccc(CCNC(=O)Nc2ccc(C)c(Cl)c2)cc1OC. The number of halogens is 1. The van der Waals surface area contributed by atoms with Gasteiger partial charge in [0.1, 0.15) is 0 Å². The zero-order valence-electron chi connectivity index (χ0n) is 14.0. The van der Waals surface area contributed by atoms with Crippen molar-refractivity contribution in [1.82, 2.24) is 5.32 Å². The van der Waals surface area contributed by atoms with E-state index in [1.165, 1.54) is 0 Å². The van der Waals surface area contributed by atoms with Gasteiger partial charge in [0.25, 0.3) is 0 Å². The van der Waals surface area contributed by atoms with E-state index in [2.05, 4.69) is 10.6 Å². The highest BCUT2D eigenvalue weighted by molar-refractivity contribution is 6.31. The quantitative estimate of drug-likeness (QED) is 0.828. The maximum absolute atomic E-state index is 11.9. The Morgan fingerprint density at radius 1 is 1.08 bits per heavy atom. The first-order valence-electron chi connectivity index (χ1n) is 7.55. The van der Waals surface area contributed by atoms with Crippen LogP contribution in [-0.4, -0.2) is 26.8 Å². The Balaban J connectivity index is 1.85. The van der Waals surface area contributed by atoms with Crippen LogP contribution in [0.1, 0.15) is 11.1 Å². The molecule has 0 atom stereocenters. The normalized spacial score (nSPS) is 10.2. The van der Waals surface area contributed by atoms with Gasteiger partial charge in [-0.3, -0.25) is 0 Å². The Labute approximate surface area is 146 Å². The summed E-state index contributed by atoms with van der Waals surface area (Å²) in [6.07, 6.45) is 0.683. The minimum Gasteiger partial charge on any atom is -0.493 e. The van der Waals surface area contributed by atoms with Gasteiger partial charge < -0.3 is 20.1 Å². The van der Waals surface area contributed by atoms with Crippen molar-refractivity contribution in [1.29, 1.82) is 0 Å². The number of carbonyl (C=O) groups excluding carboxylic acids is 1. The summed E-state index contributed by atoms with van der Waals surface area (Å²) in [5.74, 6) is 1.36. The Kier molecular flexibility index (Phi) is 6.32. The lowest BCUT2D eigenvalue weighted by atomic mass is 10.1. The Morgan fingerprint density at radius 3 is 2.50 bits per heavy atom. The van der Waals surface area contributed by atoms with Gasteiger partial charge in [0.15, 0.2) is 11.5 Å². The van der Waals surface area contributed by atoms with Gasteiger partial charge in [0, 0.05) is 17.3 Å². The molecule has 2 N–H and O–H groups in total. The average Bonchev–Trinajstić information content (AvgIpc) is 2.58. The summed E-state index contributed by atoms with van der Waals surface area (Å²) in [6, 6.07) is 10.8. The predicted molar refractivity (Wildman–Crippen MR) is 96.5 cm³/mol. The summed E-state index contributed by atoms with van der Waals surface area (Å²) in [7, 11) is 3.20. The average molecular weight is 349 g/mol. The first-order valence-corrected chi connectivity index (χ1v) is 7.93. The molecule has 0 radical (unpaired) electrons. The number of methoxy groups -OCH3 is 2. The molecule has 0 aliphatic rings. The van der Waals surface area contributed by atoms with Gasteiger partial charge in [-0.25, -0.2) is 4.79 Å². The predicted octanol–water partition coefficient (Wildman–Crippen LogP) is 4.03. The highest BCUT2D eigenvalue weighted by atomic mass is 35.5. The van der Waals surface area contributed by atoms with E-state index in [1.807, 2.05) is 37.3 Å². The molecule has 5 nitrogen and oxygen atoms in total. The fourth-order valence-corrected chi connectivity index (χ4v) is 2.38. The van der Waals surface area contributed by atoms with E-state index in [-0.39, 0.29) is 6.03 Å². The molecule has 0 bridgehead atoms. The number of nitrogens with one attached hydrogen (secondary N) is 2. The van der Waals surface area contributed by atoms with Crippen molar-refractivity contribution in [3.63, 3.8) is 0 Å². The third-order valence-corrected chi connectivity index (χ3v) is 3.98. The summed E-state index contributed by atoms with van der Waals surface area (Å²) >= 11 is 6.04. The molecular weight excluding hydrogens is 328 g/mol. The lowest BCUT2D eigenvalue weighted by Crippen LogP contribution is -2.30. The molecule has 0 saturated carbocycles. The van der Waals surface area contributed by atoms with Crippen molar-refractivity contribution < 1.29 is 14.3 Å². The molecule has 0 aliphatic heterocycles. The van der Waals surface area contributed by atoms with Crippen LogP contribution in [-0.2, 0) is 6.42 Å². The van der Waals surface area contributed by atoms with Crippen LogP contribution in [0.4, 0.5) is 10.5 Å². The van der Waals surface area contributed by atoms with E-state index in [4.69, 9.17) is 21.1 Å². The lowest BCUT2D eigenvalue weighted by Gasteiger charge is -2.11. The zero-order valence-corrected chi connectivity index (χ0v) is 14.7. The Bertz CT molecular complexity index is 719. The van der Waals surface area contributed by atoms with Crippen LogP contribution in [0.15, 0.2) is 36.4 Å². The Hall–Kier alpha value is -2.40. The number of hydrogen-bond donors (Lipinski definition) is 2. The monoisotopic (exact) mass is 348 g/mol. The summed E-state index contributed by atoms with van der Waals surface area (Å²) in [5.41, 5.74) is 2.68. The first kappa shape index (κ1) is 17.9. The van der Waals surface area contributed by atoms with Crippen molar-refractivity contribution in [2.75, 3.05) is 26.1 Å². The van der Waals surface area contributed by atoms with Crippen molar-refractivity contribution in [2.45, 2.75) is 13.3 Å². The smallest absolute Gasteiger partial charge is 0.319 e. The minimum absolute atomic E-state index is 0.268. The molecular formula is C18H21ClN2O3. The molecule has 0 spiro atoms. The third-order valence-electron chi connectivity index (χ3n) is 3.58.